The summed E-state index contributed by atoms with van der Waals surface area (Å²) in [4.78, 5) is 0. The molecule has 0 atom stereocenters. The third-order valence-corrected chi connectivity index (χ3v) is 3.84. The second-order valence-electron chi connectivity index (χ2n) is 3.39. The fourth-order valence-electron chi connectivity index (χ4n) is 0.752. The zero-order valence-electron chi connectivity index (χ0n) is 7.16. The molecule has 1 saturated carbocycles. The van der Waals surface area contributed by atoms with E-state index in [0.29, 0.717) is 12.8 Å². The van der Waals surface area contributed by atoms with Gasteiger partial charge in [-0.05, 0) is 26.7 Å². The molecule has 1 fully saturated rings. The van der Waals surface area contributed by atoms with E-state index in [-0.39, 0.29) is 0 Å². The molecule has 0 aromatic carbocycles. The number of nitrogens with zero attached hydrogens (tertiary/aromatic N) is 1. The molecular formula is C7H12N2O2S. The van der Waals surface area contributed by atoms with E-state index >= 15 is 0 Å². The Bertz CT molecular complexity index is 309. The Morgan fingerprint density at radius 2 is 2.00 bits per heavy atom. The minimum atomic E-state index is -3.28. The summed E-state index contributed by atoms with van der Waals surface area (Å²) in [5.74, 6) is 0. The molecule has 1 aliphatic rings. The molecular weight excluding hydrogens is 176 g/mol. The van der Waals surface area contributed by atoms with Crippen LogP contribution in [0.2, 0.25) is 0 Å². The zero-order valence-corrected chi connectivity index (χ0v) is 7.98. The second kappa shape index (κ2) is 2.71. The molecule has 0 unspecified atom stereocenters. The van der Waals surface area contributed by atoms with Gasteiger partial charge < -0.3 is 0 Å². The van der Waals surface area contributed by atoms with Crippen molar-refractivity contribution in [3.05, 3.63) is 0 Å². The largest absolute Gasteiger partial charge is 0.215 e. The lowest BCUT2D eigenvalue weighted by atomic mass is 10.3. The molecule has 0 heterocycles. The van der Waals surface area contributed by atoms with Gasteiger partial charge >= 0.3 is 0 Å². The van der Waals surface area contributed by atoms with Crippen LogP contribution in [0.4, 0.5) is 0 Å². The van der Waals surface area contributed by atoms with E-state index < -0.39 is 20.8 Å². The smallest absolute Gasteiger partial charge is 0.212 e. The molecule has 1 aliphatic carbocycles. The van der Waals surface area contributed by atoms with Crippen molar-refractivity contribution in [1.29, 1.82) is 5.26 Å². The van der Waals surface area contributed by atoms with Gasteiger partial charge in [-0.2, -0.15) is 9.98 Å². The number of hydrogen-bond donors (Lipinski definition) is 1. The lowest BCUT2D eigenvalue weighted by Crippen LogP contribution is -2.39. The first-order chi connectivity index (χ1) is 5.42. The van der Waals surface area contributed by atoms with Crippen LogP contribution >= 0.6 is 0 Å². The molecule has 4 nitrogen and oxygen atoms in total. The minimum Gasteiger partial charge on any atom is -0.212 e. The second-order valence-corrected chi connectivity index (χ2v) is 5.63. The van der Waals surface area contributed by atoms with Crippen LogP contribution < -0.4 is 4.72 Å². The highest BCUT2D eigenvalue weighted by Gasteiger charge is 2.46. The predicted molar refractivity (Wildman–Crippen MR) is 44.8 cm³/mol. The highest BCUT2D eigenvalue weighted by Crippen LogP contribution is 2.35. The van der Waals surface area contributed by atoms with Gasteiger partial charge in [0.25, 0.3) is 0 Å². The molecule has 1 N–H and O–H groups in total. The van der Waals surface area contributed by atoms with E-state index in [2.05, 4.69) is 4.72 Å². The van der Waals surface area contributed by atoms with Crippen LogP contribution in [0, 0.1) is 11.3 Å². The minimum absolute atomic E-state index is 0.469. The maximum Gasteiger partial charge on any atom is 0.215 e. The van der Waals surface area contributed by atoms with Crippen molar-refractivity contribution in [3.8, 4) is 6.07 Å². The molecule has 12 heavy (non-hydrogen) atoms. The molecule has 0 aromatic rings. The summed E-state index contributed by atoms with van der Waals surface area (Å²) in [5, 5.41) is 8.16. The van der Waals surface area contributed by atoms with Crippen LogP contribution in [0.3, 0.4) is 0 Å². The van der Waals surface area contributed by atoms with Crippen LogP contribution in [0.25, 0.3) is 0 Å². The van der Waals surface area contributed by atoms with Crippen molar-refractivity contribution in [2.75, 3.05) is 0 Å². The van der Waals surface area contributed by atoms with Crippen LogP contribution in [0.1, 0.15) is 26.7 Å². The number of sulfonamides is 1. The van der Waals surface area contributed by atoms with Gasteiger partial charge in [0.15, 0.2) is 0 Å². The number of rotatable bonds is 3. The summed E-state index contributed by atoms with van der Waals surface area (Å²) in [6.45, 7) is 3.19. The molecule has 1 rings (SSSR count). The highest BCUT2D eigenvalue weighted by molar-refractivity contribution is 7.90. The molecule has 0 aromatic heterocycles. The topological polar surface area (TPSA) is 70.0 Å². The fourth-order valence-corrected chi connectivity index (χ4v) is 1.78. The first-order valence-electron chi connectivity index (χ1n) is 3.86. The maximum atomic E-state index is 11.3. The van der Waals surface area contributed by atoms with Crippen LogP contribution in [0.15, 0.2) is 0 Å². The van der Waals surface area contributed by atoms with Crippen LogP contribution in [0.5, 0.6) is 0 Å². The normalized spacial score (nSPS) is 20.5. The standard InChI is InChI=1S/C7H12N2O2S/c1-6(2)12(10,11)9-7(5-8)3-4-7/h6,9H,3-4H2,1-2H3. The van der Waals surface area contributed by atoms with Crippen LogP contribution in [-0.4, -0.2) is 19.2 Å². The summed E-state index contributed by atoms with van der Waals surface area (Å²) in [6.07, 6.45) is 1.27. The number of nitrogens with one attached hydrogen (secondary N) is 1. The van der Waals surface area contributed by atoms with Gasteiger partial charge in [-0.1, -0.05) is 0 Å². The lowest BCUT2D eigenvalue weighted by molar-refractivity contribution is 0.562. The molecule has 0 aliphatic heterocycles. The Morgan fingerprint density at radius 3 is 2.25 bits per heavy atom. The van der Waals surface area contributed by atoms with Gasteiger partial charge in [-0.25, -0.2) is 8.42 Å². The molecule has 0 spiro atoms. The summed E-state index contributed by atoms with van der Waals surface area (Å²) in [7, 11) is -3.28. The van der Waals surface area contributed by atoms with Crippen molar-refractivity contribution < 1.29 is 8.42 Å². The average Bonchev–Trinajstić information content (AvgIpc) is 2.68. The van der Waals surface area contributed by atoms with E-state index in [4.69, 9.17) is 5.26 Å². The van der Waals surface area contributed by atoms with E-state index in [1.165, 1.54) is 0 Å². The Hall–Kier alpha value is -0.600. The highest BCUT2D eigenvalue weighted by atomic mass is 32.2. The average molecular weight is 188 g/mol. The first-order valence-corrected chi connectivity index (χ1v) is 5.40. The molecule has 68 valence electrons. The number of hydrogen-bond acceptors (Lipinski definition) is 3. The Balaban J connectivity index is 2.71. The van der Waals surface area contributed by atoms with Crippen molar-refractivity contribution in [2.45, 2.75) is 37.5 Å². The predicted octanol–water partition coefficient (Wildman–Crippen LogP) is 0.370. The van der Waals surface area contributed by atoms with Crippen molar-refractivity contribution >= 4 is 10.0 Å². The third kappa shape index (κ3) is 1.76. The molecule has 0 radical (unpaired) electrons. The van der Waals surface area contributed by atoms with E-state index in [9.17, 15) is 8.42 Å². The van der Waals surface area contributed by atoms with E-state index in [1.54, 1.807) is 13.8 Å². The molecule has 0 amide bonds. The van der Waals surface area contributed by atoms with Gasteiger partial charge in [-0.3, -0.25) is 0 Å². The molecule has 5 heteroatoms. The summed E-state index contributed by atoms with van der Waals surface area (Å²) in [5.41, 5.74) is -0.775. The van der Waals surface area contributed by atoms with Crippen LogP contribution in [-0.2, 0) is 10.0 Å². The van der Waals surface area contributed by atoms with E-state index in [1.807, 2.05) is 6.07 Å². The van der Waals surface area contributed by atoms with Crippen molar-refractivity contribution in [3.63, 3.8) is 0 Å². The van der Waals surface area contributed by atoms with Gasteiger partial charge in [-0.15, -0.1) is 0 Å². The Morgan fingerprint density at radius 1 is 1.50 bits per heavy atom. The third-order valence-electron chi connectivity index (χ3n) is 1.92. The van der Waals surface area contributed by atoms with Gasteiger partial charge in [0.1, 0.15) is 5.54 Å². The van der Waals surface area contributed by atoms with Crippen molar-refractivity contribution in [2.24, 2.45) is 0 Å². The Labute approximate surface area is 72.6 Å². The molecule has 0 saturated heterocycles. The molecule has 0 bridgehead atoms. The lowest BCUT2D eigenvalue weighted by Gasteiger charge is -2.12. The summed E-state index contributed by atoms with van der Waals surface area (Å²) < 4.78 is 25.0. The SMILES string of the molecule is CC(C)S(=O)(=O)NC1(C#N)CC1. The number of nitriles is 1. The van der Waals surface area contributed by atoms with Gasteiger partial charge in [0.05, 0.1) is 11.3 Å². The monoisotopic (exact) mass is 188 g/mol. The van der Waals surface area contributed by atoms with Gasteiger partial charge in [0.2, 0.25) is 10.0 Å². The first kappa shape index (κ1) is 9.49. The summed E-state index contributed by atoms with van der Waals surface area (Å²) in [6, 6.07) is 1.97. The quantitative estimate of drug-likeness (QED) is 0.695. The Kier molecular flexibility index (Phi) is 2.15. The maximum absolute atomic E-state index is 11.3. The summed E-state index contributed by atoms with van der Waals surface area (Å²) >= 11 is 0. The zero-order chi connectivity index (χ0) is 9.41. The van der Waals surface area contributed by atoms with Gasteiger partial charge in [0, 0.05) is 0 Å². The van der Waals surface area contributed by atoms with E-state index in [0.717, 1.165) is 0 Å². The van der Waals surface area contributed by atoms with Crippen molar-refractivity contribution in [1.82, 2.24) is 4.72 Å². The fraction of sp³-hybridized carbons (Fsp3) is 0.857.